The van der Waals surface area contributed by atoms with Gasteiger partial charge in [-0.3, -0.25) is 4.79 Å². The molecule has 1 aliphatic rings. The Morgan fingerprint density at radius 3 is 2.07 bits per heavy atom. The molecule has 1 fully saturated rings. The molecule has 0 atom stereocenters. The second-order valence-corrected chi connectivity index (χ2v) is 9.01. The van der Waals surface area contributed by atoms with Crippen molar-refractivity contribution in [1.82, 2.24) is 9.21 Å². The first kappa shape index (κ1) is 21.9. The van der Waals surface area contributed by atoms with Crippen molar-refractivity contribution in [3.05, 3.63) is 63.6 Å². The van der Waals surface area contributed by atoms with E-state index in [4.69, 9.17) is 23.2 Å². The number of benzene rings is 2. The molecule has 1 amide bonds. The molecule has 5 nitrogen and oxygen atoms in total. The third-order valence-electron chi connectivity index (χ3n) is 4.52. The lowest BCUT2D eigenvalue weighted by molar-refractivity contribution is -0.137. The van der Waals surface area contributed by atoms with Gasteiger partial charge < -0.3 is 4.90 Å². The highest BCUT2D eigenvalue weighted by Crippen LogP contribution is 2.32. The maximum atomic E-state index is 12.8. The molecular weight excluding hydrogens is 452 g/mol. The number of hydrogen-bond acceptors (Lipinski definition) is 3. The van der Waals surface area contributed by atoms with Crippen molar-refractivity contribution in [2.45, 2.75) is 11.1 Å². The first-order valence-electron chi connectivity index (χ1n) is 8.42. The summed E-state index contributed by atoms with van der Waals surface area (Å²) in [7, 11) is -3.90. The van der Waals surface area contributed by atoms with Crippen LogP contribution >= 0.6 is 23.2 Å². The summed E-state index contributed by atoms with van der Waals surface area (Å²) < 4.78 is 64.8. The lowest BCUT2D eigenvalue weighted by atomic mass is 10.1. The number of carbonyl (C=O) groups is 1. The summed E-state index contributed by atoms with van der Waals surface area (Å²) in [5.74, 6) is -0.462. The number of hydrogen-bond donors (Lipinski definition) is 0. The van der Waals surface area contributed by atoms with Crippen LogP contribution in [-0.2, 0) is 16.2 Å². The second kappa shape index (κ2) is 8.14. The smallest absolute Gasteiger partial charge is 0.336 e. The molecule has 29 heavy (non-hydrogen) atoms. The van der Waals surface area contributed by atoms with E-state index in [1.807, 2.05) is 0 Å². The third-order valence-corrected chi connectivity index (χ3v) is 7.39. The minimum atomic E-state index is -4.48. The van der Waals surface area contributed by atoms with Crippen LogP contribution in [0, 0.1) is 0 Å². The lowest BCUT2D eigenvalue weighted by Gasteiger charge is -2.34. The van der Waals surface area contributed by atoms with Gasteiger partial charge in [-0.1, -0.05) is 29.3 Å². The molecule has 0 aliphatic carbocycles. The predicted octanol–water partition coefficient (Wildman–Crippen LogP) is 4.16. The SMILES string of the molecule is O=C(c1ccc(C(F)(F)F)cc1)N1CCN(S(=O)(=O)c2cccc(Cl)c2Cl)CC1. The Hall–Kier alpha value is -1.81. The van der Waals surface area contributed by atoms with Gasteiger partial charge in [0, 0.05) is 31.7 Å². The van der Waals surface area contributed by atoms with E-state index in [0.29, 0.717) is 0 Å². The number of rotatable bonds is 3. The van der Waals surface area contributed by atoms with Crippen LogP contribution in [0.4, 0.5) is 13.2 Å². The lowest BCUT2D eigenvalue weighted by Crippen LogP contribution is -2.50. The fourth-order valence-corrected chi connectivity index (χ4v) is 5.10. The molecule has 1 heterocycles. The number of amides is 1. The predicted molar refractivity (Wildman–Crippen MR) is 103 cm³/mol. The molecule has 3 rings (SSSR count). The fraction of sp³-hybridized carbons (Fsp3) is 0.278. The summed E-state index contributed by atoms with van der Waals surface area (Å²) in [6.45, 7) is 0.240. The van der Waals surface area contributed by atoms with Gasteiger partial charge in [-0.15, -0.1) is 0 Å². The first-order valence-corrected chi connectivity index (χ1v) is 10.6. The van der Waals surface area contributed by atoms with Gasteiger partial charge in [0.1, 0.15) is 4.90 Å². The van der Waals surface area contributed by atoms with Crippen molar-refractivity contribution < 1.29 is 26.4 Å². The van der Waals surface area contributed by atoms with Gasteiger partial charge in [-0.05, 0) is 36.4 Å². The minimum Gasteiger partial charge on any atom is -0.336 e. The van der Waals surface area contributed by atoms with Crippen molar-refractivity contribution >= 4 is 39.1 Å². The maximum Gasteiger partial charge on any atom is 0.416 e. The molecule has 2 aromatic rings. The molecule has 1 saturated heterocycles. The normalized spacial score (nSPS) is 16.1. The molecule has 2 aromatic carbocycles. The van der Waals surface area contributed by atoms with E-state index in [1.54, 1.807) is 0 Å². The Balaban J connectivity index is 1.70. The van der Waals surface area contributed by atoms with E-state index < -0.39 is 27.7 Å². The van der Waals surface area contributed by atoms with Gasteiger partial charge in [0.25, 0.3) is 5.91 Å². The largest absolute Gasteiger partial charge is 0.416 e. The molecule has 0 aromatic heterocycles. The van der Waals surface area contributed by atoms with Crippen molar-refractivity contribution in [3.8, 4) is 0 Å². The summed E-state index contributed by atoms with van der Waals surface area (Å²) in [4.78, 5) is 13.8. The molecule has 1 aliphatic heterocycles. The van der Waals surface area contributed by atoms with Gasteiger partial charge in [0.15, 0.2) is 0 Å². The van der Waals surface area contributed by atoms with Crippen molar-refractivity contribution in [2.24, 2.45) is 0 Å². The Morgan fingerprint density at radius 2 is 1.52 bits per heavy atom. The highest BCUT2D eigenvalue weighted by Gasteiger charge is 2.33. The standard InChI is InChI=1S/C18H15Cl2F3N2O3S/c19-14-2-1-3-15(16(14)20)29(27,28)25-10-8-24(9-11-25)17(26)12-4-6-13(7-5-12)18(21,22)23/h1-7H,8-11H2. The van der Waals surface area contributed by atoms with Crippen LogP contribution < -0.4 is 0 Å². The van der Waals surface area contributed by atoms with E-state index >= 15 is 0 Å². The molecule has 0 spiro atoms. The zero-order valence-corrected chi connectivity index (χ0v) is 17.1. The second-order valence-electron chi connectivity index (χ2n) is 6.32. The van der Waals surface area contributed by atoms with Crippen LogP contribution in [0.2, 0.25) is 10.0 Å². The van der Waals surface area contributed by atoms with E-state index in [-0.39, 0.29) is 46.7 Å². The van der Waals surface area contributed by atoms with Crippen LogP contribution in [-0.4, -0.2) is 49.7 Å². The van der Waals surface area contributed by atoms with Crippen LogP contribution in [0.25, 0.3) is 0 Å². The number of alkyl halides is 3. The quantitative estimate of drug-likeness (QED) is 0.682. The van der Waals surface area contributed by atoms with Crippen LogP contribution in [0.3, 0.4) is 0 Å². The Bertz CT molecular complexity index is 1020. The van der Waals surface area contributed by atoms with E-state index in [9.17, 15) is 26.4 Å². The van der Waals surface area contributed by atoms with E-state index in [2.05, 4.69) is 0 Å². The zero-order valence-electron chi connectivity index (χ0n) is 14.8. The number of sulfonamides is 1. The van der Waals surface area contributed by atoms with Crippen molar-refractivity contribution in [3.63, 3.8) is 0 Å². The molecule has 0 saturated carbocycles. The number of halogens is 5. The first-order chi connectivity index (χ1) is 13.5. The zero-order chi connectivity index (χ0) is 21.4. The van der Waals surface area contributed by atoms with Crippen molar-refractivity contribution in [1.29, 1.82) is 0 Å². The average Bonchev–Trinajstić information content (AvgIpc) is 2.69. The highest BCUT2D eigenvalue weighted by atomic mass is 35.5. The van der Waals surface area contributed by atoms with Crippen LogP contribution in [0.15, 0.2) is 47.4 Å². The van der Waals surface area contributed by atoms with E-state index in [1.165, 1.54) is 27.4 Å². The van der Waals surface area contributed by atoms with Gasteiger partial charge in [0.2, 0.25) is 10.0 Å². The maximum absolute atomic E-state index is 12.8. The topological polar surface area (TPSA) is 57.7 Å². The molecule has 0 bridgehead atoms. The van der Waals surface area contributed by atoms with Crippen LogP contribution in [0.1, 0.15) is 15.9 Å². The Labute approximate surface area is 175 Å². The Kier molecular flexibility index (Phi) is 6.14. The van der Waals surface area contributed by atoms with Gasteiger partial charge in [-0.25, -0.2) is 8.42 Å². The summed E-state index contributed by atoms with van der Waals surface area (Å²) in [6.07, 6.45) is -4.48. The highest BCUT2D eigenvalue weighted by molar-refractivity contribution is 7.89. The summed E-state index contributed by atoms with van der Waals surface area (Å²) in [5, 5.41) is 0.0429. The molecule has 11 heteroatoms. The van der Waals surface area contributed by atoms with Gasteiger partial charge in [-0.2, -0.15) is 17.5 Å². The van der Waals surface area contributed by atoms with Crippen molar-refractivity contribution in [2.75, 3.05) is 26.2 Å². The number of piperazine rings is 1. The third kappa shape index (κ3) is 4.53. The van der Waals surface area contributed by atoms with Gasteiger partial charge >= 0.3 is 6.18 Å². The monoisotopic (exact) mass is 466 g/mol. The Morgan fingerprint density at radius 1 is 0.931 bits per heavy atom. The number of nitrogens with zero attached hydrogens (tertiary/aromatic N) is 2. The molecule has 0 N–H and O–H groups in total. The molecule has 156 valence electrons. The molecule has 0 unspecified atom stereocenters. The molecule has 0 radical (unpaired) electrons. The summed E-state index contributed by atoms with van der Waals surface area (Å²) in [6, 6.07) is 8.21. The average molecular weight is 467 g/mol. The summed E-state index contributed by atoms with van der Waals surface area (Å²) in [5.41, 5.74) is -0.740. The van der Waals surface area contributed by atoms with Crippen LogP contribution in [0.5, 0.6) is 0 Å². The van der Waals surface area contributed by atoms with Gasteiger partial charge in [0.05, 0.1) is 15.6 Å². The minimum absolute atomic E-state index is 0.0253. The molecular formula is C18H15Cl2F3N2O3S. The summed E-state index contributed by atoms with van der Waals surface area (Å²) >= 11 is 11.9. The fourth-order valence-electron chi connectivity index (χ4n) is 2.94. The van der Waals surface area contributed by atoms with E-state index in [0.717, 1.165) is 24.3 Å². The number of carbonyl (C=O) groups excluding carboxylic acids is 1.